The van der Waals surface area contributed by atoms with Crippen LogP contribution in [0.1, 0.15) is 73.6 Å². The Morgan fingerprint density at radius 1 is 0.596 bits per heavy atom. The Labute approximate surface area is 283 Å². The number of alkyl halides is 1. The first kappa shape index (κ1) is 36.6. The van der Waals surface area contributed by atoms with Crippen molar-refractivity contribution in [3.8, 4) is 0 Å². The molecule has 2 heterocycles. The Morgan fingerprint density at radius 3 is 1.38 bits per heavy atom. The lowest BCUT2D eigenvalue weighted by atomic mass is 10.2. The molecule has 0 N–H and O–H groups in total. The van der Waals surface area contributed by atoms with E-state index in [0.717, 1.165) is 9.80 Å². The molecule has 0 unspecified atom stereocenters. The van der Waals surface area contributed by atoms with Crippen molar-refractivity contribution in [1.82, 2.24) is 9.97 Å². The van der Waals surface area contributed by atoms with E-state index in [-0.39, 0.29) is 11.6 Å². The number of hydrogen-bond donors (Lipinski definition) is 0. The van der Waals surface area contributed by atoms with E-state index in [4.69, 9.17) is 9.47 Å². The molecule has 0 aliphatic carbocycles. The molecular formula is C36H39BrN4O6. The van der Waals surface area contributed by atoms with Gasteiger partial charge in [-0.15, -0.1) is 0 Å². The molecular weight excluding hydrogens is 664 g/mol. The van der Waals surface area contributed by atoms with Crippen LogP contribution < -0.4 is 9.80 Å². The number of aryl methyl sites for hydroxylation is 1. The predicted molar refractivity (Wildman–Crippen MR) is 185 cm³/mol. The van der Waals surface area contributed by atoms with Gasteiger partial charge in [0.2, 0.25) is 0 Å². The van der Waals surface area contributed by atoms with Crippen LogP contribution in [-0.2, 0) is 14.8 Å². The molecule has 11 heteroatoms. The second-order valence-electron chi connectivity index (χ2n) is 12.2. The number of nitrogens with zero attached hydrogens (tertiary/aromatic N) is 4. The number of anilines is 2. The number of imide groups is 2. The summed E-state index contributed by atoms with van der Waals surface area (Å²) in [5.74, 6) is -0.481. The summed E-state index contributed by atoms with van der Waals surface area (Å²) >= 11 is 3.33. The lowest BCUT2D eigenvalue weighted by Crippen LogP contribution is -2.41. The fourth-order valence-electron chi connectivity index (χ4n) is 3.91. The standard InChI is InChI=1S/C18H19BrN2O3.C18H20N2O3/c1-18(2,3)24-17(23)21(15-11-7-10-14(12-19)20-15)16(22)13-8-5-4-6-9-13;1-13-9-8-12-15(19-13)20(17(22)23-18(2,3)4)16(21)14-10-6-5-7-11-14/h4-11H,12H2,1-3H3;5-12H,1-4H3. The zero-order valence-corrected chi connectivity index (χ0v) is 29.1. The summed E-state index contributed by atoms with van der Waals surface area (Å²) in [7, 11) is 0. The van der Waals surface area contributed by atoms with Gasteiger partial charge in [-0.25, -0.2) is 19.6 Å². The molecule has 0 bridgehead atoms. The number of benzene rings is 2. The quantitative estimate of drug-likeness (QED) is 0.190. The first-order valence-corrected chi connectivity index (χ1v) is 15.9. The zero-order valence-electron chi connectivity index (χ0n) is 27.6. The topological polar surface area (TPSA) is 119 Å². The van der Waals surface area contributed by atoms with Crippen LogP contribution in [0.15, 0.2) is 97.1 Å². The molecule has 0 saturated carbocycles. The predicted octanol–water partition coefficient (Wildman–Crippen LogP) is 8.53. The van der Waals surface area contributed by atoms with E-state index in [1.165, 1.54) is 0 Å². The number of carbonyl (C=O) groups is 4. The van der Waals surface area contributed by atoms with Crippen molar-refractivity contribution in [1.29, 1.82) is 0 Å². The van der Waals surface area contributed by atoms with Gasteiger partial charge in [0, 0.05) is 22.2 Å². The SMILES string of the molecule is CC(C)(C)OC(=O)N(C(=O)c1ccccc1)c1cccc(CBr)n1.Cc1cccc(N(C(=O)OC(C)(C)C)C(=O)c2ccccc2)n1. The fourth-order valence-corrected chi connectivity index (χ4v) is 4.23. The normalized spacial score (nSPS) is 11.0. The molecule has 0 aliphatic rings. The Balaban J connectivity index is 0.000000256. The third-order valence-corrected chi connectivity index (χ3v) is 6.44. The largest absolute Gasteiger partial charge is 0.443 e. The number of rotatable bonds is 5. The van der Waals surface area contributed by atoms with Crippen LogP contribution in [0.3, 0.4) is 0 Å². The van der Waals surface area contributed by atoms with Crippen LogP contribution in [0.25, 0.3) is 0 Å². The van der Waals surface area contributed by atoms with Gasteiger partial charge < -0.3 is 9.47 Å². The highest BCUT2D eigenvalue weighted by atomic mass is 79.9. The maximum atomic E-state index is 12.8. The molecule has 10 nitrogen and oxygen atoms in total. The van der Waals surface area contributed by atoms with Gasteiger partial charge in [0.15, 0.2) is 0 Å². The van der Waals surface area contributed by atoms with Gasteiger partial charge in [-0.3, -0.25) is 9.59 Å². The van der Waals surface area contributed by atoms with Gasteiger partial charge in [-0.2, -0.15) is 9.80 Å². The van der Waals surface area contributed by atoms with E-state index in [1.807, 2.05) is 0 Å². The number of carbonyl (C=O) groups excluding carboxylic acids is 4. The minimum atomic E-state index is -0.754. The second kappa shape index (κ2) is 16.1. The van der Waals surface area contributed by atoms with Gasteiger partial charge in [0.05, 0.1) is 5.69 Å². The Morgan fingerprint density at radius 2 is 1.00 bits per heavy atom. The number of amides is 4. The van der Waals surface area contributed by atoms with Gasteiger partial charge >= 0.3 is 12.2 Å². The maximum absolute atomic E-state index is 12.8. The monoisotopic (exact) mass is 702 g/mol. The number of aromatic nitrogens is 2. The third kappa shape index (κ3) is 11.1. The van der Waals surface area contributed by atoms with Crippen LogP contribution in [0.5, 0.6) is 0 Å². The molecule has 4 aromatic rings. The van der Waals surface area contributed by atoms with Crippen LogP contribution in [0.2, 0.25) is 0 Å². The van der Waals surface area contributed by atoms with Crippen LogP contribution in [0.4, 0.5) is 21.2 Å². The van der Waals surface area contributed by atoms with Crippen LogP contribution in [0, 0.1) is 6.92 Å². The van der Waals surface area contributed by atoms with E-state index >= 15 is 0 Å². The molecule has 0 saturated heterocycles. The molecule has 2 aromatic carbocycles. The zero-order chi connectivity index (χ0) is 34.8. The molecule has 0 spiro atoms. The summed E-state index contributed by atoms with van der Waals surface area (Å²) in [6.07, 6.45) is -1.50. The summed E-state index contributed by atoms with van der Waals surface area (Å²) in [5.41, 5.74) is 0.755. The molecule has 0 fully saturated rings. The van der Waals surface area contributed by atoms with Crippen LogP contribution in [-0.4, -0.2) is 45.2 Å². The molecule has 0 atom stereocenters. The summed E-state index contributed by atoms with van der Waals surface area (Å²) < 4.78 is 10.7. The number of hydrogen-bond acceptors (Lipinski definition) is 8. The Bertz CT molecular complexity index is 1690. The molecule has 4 amide bonds. The van der Waals surface area contributed by atoms with E-state index in [9.17, 15) is 19.2 Å². The van der Waals surface area contributed by atoms with Crippen molar-refractivity contribution in [3.05, 3.63) is 120 Å². The van der Waals surface area contributed by atoms with Crippen molar-refractivity contribution in [2.75, 3.05) is 9.80 Å². The number of pyridine rings is 2. The lowest BCUT2D eigenvalue weighted by Gasteiger charge is -2.25. The van der Waals surface area contributed by atoms with Crippen molar-refractivity contribution in [2.45, 2.75) is 65.0 Å². The number of ether oxygens (including phenoxy) is 2. The molecule has 47 heavy (non-hydrogen) atoms. The number of halogens is 1. The average molecular weight is 704 g/mol. The lowest BCUT2D eigenvalue weighted by molar-refractivity contribution is 0.0546. The molecule has 2 aromatic heterocycles. The molecule has 0 aliphatic heterocycles. The first-order chi connectivity index (χ1) is 22.1. The summed E-state index contributed by atoms with van der Waals surface area (Å²) in [5, 5.41) is 0.516. The van der Waals surface area contributed by atoms with Crippen LogP contribution >= 0.6 is 15.9 Å². The van der Waals surface area contributed by atoms with Gasteiger partial charge in [0.1, 0.15) is 22.8 Å². The maximum Gasteiger partial charge on any atom is 0.423 e. The van der Waals surface area contributed by atoms with E-state index < -0.39 is 35.2 Å². The highest BCUT2D eigenvalue weighted by Gasteiger charge is 2.32. The molecule has 4 rings (SSSR count). The van der Waals surface area contributed by atoms with E-state index in [1.54, 1.807) is 146 Å². The minimum absolute atomic E-state index is 0.232. The molecule has 246 valence electrons. The van der Waals surface area contributed by atoms with E-state index in [0.29, 0.717) is 27.8 Å². The summed E-state index contributed by atoms with van der Waals surface area (Å²) in [4.78, 5) is 61.3. The van der Waals surface area contributed by atoms with E-state index in [2.05, 4.69) is 25.9 Å². The van der Waals surface area contributed by atoms with Crippen molar-refractivity contribution in [3.63, 3.8) is 0 Å². The summed E-state index contributed by atoms with van der Waals surface area (Å²) in [6, 6.07) is 27.5. The third-order valence-electron chi connectivity index (χ3n) is 5.86. The second-order valence-corrected chi connectivity index (χ2v) is 12.8. The average Bonchev–Trinajstić information content (AvgIpc) is 3.01. The summed E-state index contributed by atoms with van der Waals surface area (Å²) in [6.45, 7) is 12.3. The van der Waals surface area contributed by atoms with Gasteiger partial charge in [-0.1, -0.05) is 64.5 Å². The van der Waals surface area contributed by atoms with Gasteiger partial charge in [0.25, 0.3) is 11.8 Å². The first-order valence-electron chi connectivity index (χ1n) is 14.8. The van der Waals surface area contributed by atoms with Crippen molar-refractivity contribution < 1.29 is 28.7 Å². The highest BCUT2D eigenvalue weighted by molar-refractivity contribution is 9.08. The minimum Gasteiger partial charge on any atom is -0.443 e. The Hall–Kier alpha value is -4.90. The van der Waals surface area contributed by atoms with Crippen molar-refractivity contribution in [2.24, 2.45) is 0 Å². The highest BCUT2D eigenvalue weighted by Crippen LogP contribution is 2.22. The Kier molecular flexibility index (Phi) is 12.5. The smallest absolute Gasteiger partial charge is 0.423 e. The van der Waals surface area contributed by atoms with Crippen molar-refractivity contribution >= 4 is 51.6 Å². The van der Waals surface area contributed by atoms with Gasteiger partial charge in [-0.05, 0) is 97.0 Å². The molecule has 0 radical (unpaired) electrons. The fraction of sp³-hybridized carbons (Fsp3) is 0.278.